The van der Waals surface area contributed by atoms with Crippen molar-refractivity contribution >= 4 is 6.72 Å². The molecule has 16 heavy (non-hydrogen) atoms. The highest BCUT2D eigenvalue weighted by molar-refractivity contribution is 5.22. The largest absolute Gasteiger partial charge is 0.312 e. The van der Waals surface area contributed by atoms with Crippen LogP contribution in [0.4, 0.5) is 0 Å². The van der Waals surface area contributed by atoms with E-state index in [1.165, 1.54) is 0 Å². The van der Waals surface area contributed by atoms with Gasteiger partial charge in [-0.3, -0.25) is 14.7 Å². The van der Waals surface area contributed by atoms with Crippen LogP contribution in [0.1, 0.15) is 0 Å². The Labute approximate surface area is 101 Å². The van der Waals surface area contributed by atoms with Crippen LogP contribution in [0.5, 0.6) is 0 Å². The lowest BCUT2D eigenvalue weighted by Crippen LogP contribution is -2.50. The summed E-state index contributed by atoms with van der Waals surface area (Å²) in [4.78, 5) is 12.1. The molecule has 0 unspecified atom stereocenters. The van der Waals surface area contributed by atoms with Crippen molar-refractivity contribution in [3.05, 3.63) is 0 Å². The first-order valence-electron chi connectivity index (χ1n) is 5.34. The Bertz CT molecular complexity index is 133. The van der Waals surface area contributed by atoms with Gasteiger partial charge in [-0.05, 0) is 49.0 Å². The van der Waals surface area contributed by atoms with Gasteiger partial charge >= 0.3 is 0 Å². The van der Waals surface area contributed by atoms with Gasteiger partial charge in [0.15, 0.2) is 0 Å². The third-order valence-electron chi connectivity index (χ3n) is 1.45. The van der Waals surface area contributed by atoms with Gasteiger partial charge in [-0.15, -0.1) is 0 Å². The first-order valence-corrected chi connectivity index (χ1v) is 5.34. The maximum absolute atomic E-state index is 3.25. The molecule has 0 atom stereocenters. The number of hydrogen-bond acceptors (Lipinski definition) is 5. The van der Waals surface area contributed by atoms with Crippen molar-refractivity contribution in [2.45, 2.75) is 0 Å². The van der Waals surface area contributed by atoms with Crippen molar-refractivity contribution in [1.82, 2.24) is 19.6 Å². The van der Waals surface area contributed by atoms with Crippen LogP contribution in [-0.4, -0.2) is 95.7 Å². The molecule has 1 heterocycles. The highest BCUT2D eigenvalue weighted by Crippen LogP contribution is 1.98. The second-order valence-corrected chi connectivity index (χ2v) is 4.65. The van der Waals surface area contributed by atoms with E-state index in [0.29, 0.717) is 0 Å². The molecule has 0 spiro atoms. The molecular weight excluding hydrogens is 202 g/mol. The lowest BCUT2D eigenvalue weighted by molar-refractivity contribution is 0.0149. The highest BCUT2D eigenvalue weighted by Gasteiger charge is 2.13. The van der Waals surface area contributed by atoms with Crippen molar-refractivity contribution in [2.24, 2.45) is 4.99 Å². The van der Waals surface area contributed by atoms with Gasteiger partial charge in [0.05, 0.1) is 20.0 Å². The topological polar surface area (TPSA) is 25.3 Å². The minimum Gasteiger partial charge on any atom is -0.312 e. The molecule has 0 bridgehead atoms. The normalized spacial score (nSPS) is 18.2. The van der Waals surface area contributed by atoms with Gasteiger partial charge in [-0.2, -0.15) is 0 Å². The van der Waals surface area contributed by atoms with Gasteiger partial charge in [0, 0.05) is 7.05 Å². The molecule has 5 nitrogen and oxygen atoms in total. The summed E-state index contributed by atoms with van der Waals surface area (Å²) in [6.07, 6.45) is 0. The smallest absolute Gasteiger partial charge is 0.0523 e. The SMILES string of the molecule is C=NC.CN(C)C.CN1CN(C)CN(C)C1. The first kappa shape index (κ1) is 17.9. The molecule has 98 valence electrons. The summed E-state index contributed by atoms with van der Waals surface area (Å²) >= 11 is 0. The zero-order valence-electron chi connectivity index (χ0n) is 12.1. The van der Waals surface area contributed by atoms with Crippen molar-refractivity contribution in [1.29, 1.82) is 0 Å². The molecule has 5 heteroatoms. The van der Waals surface area contributed by atoms with E-state index in [9.17, 15) is 0 Å². The van der Waals surface area contributed by atoms with Crippen LogP contribution in [0.2, 0.25) is 0 Å². The zero-order chi connectivity index (χ0) is 13.1. The molecule has 0 radical (unpaired) electrons. The first-order chi connectivity index (χ1) is 7.33. The van der Waals surface area contributed by atoms with Crippen LogP contribution in [0.3, 0.4) is 0 Å². The van der Waals surface area contributed by atoms with Gasteiger partial charge in [0.1, 0.15) is 0 Å². The molecule has 0 amide bonds. The standard InChI is InChI=1S/C6H15N3.C3H9N.C2H5N/c1-7-4-8(2)6-9(3)5-7;1-4(2)3;1-3-2/h4-6H2,1-3H3;1-3H3;1H2,2H3. The Kier molecular flexibility index (Phi) is 12.3. The lowest BCUT2D eigenvalue weighted by Gasteiger charge is -2.36. The van der Waals surface area contributed by atoms with E-state index in [2.05, 4.69) is 47.6 Å². The Balaban J connectivity index is 0. The Morgan fingerprint density at radius 3 is 1.12 bits per heavy atom. The maximum Gasteiger partial charge on any atom is 0.0523 e. The average molecular weight is 231 g/mol. The van der Waals surface area contributed by atoms with Crippen molar-refractivity contribution in [3.8, 4) is 0 Å². The maximum atomic E-state index is 3.25. The molecule has 1 aliphatic rings. The summed E-state index contributed by atoms with van der Waals surface area (Å²) in [5.41, 5.74) is 0. The quantitative estimate of drug-likeness (QED) is 0.555. The van der Waals surface area contributed by atoms with Crippen LogP contribution >= 0.6 is 0 Å². The van der Waals surface area contributed by atoms with Gasteiger partial charge in [-0.25, -0.2) is 0 Å². The molecule has 1 saturated heterocycles. The van der Waals surface area contributed by atoms with Crippen molar-refractivity contribution in [2.75, 3.05) is 69.3 Å². The number of nitrogens with zero attached hydrogens (tertiary/aromatic N) is 5. The van der Waals surface area contributed by atoms with E-state index in [1.54, 1.807) is 7.05 Å². The molecule has 1 fully saturated rings. The summed E-state index contributed by atoms with van der Waals surface area (Å²) in [5.74, 6) is 0. The highest BCUT2D eigenvalue weighted by atomic mass is 15.5. The number of rotatable bonds is 0. The second-order valence-electron chi connectivity index (χ2n) is 4.65. The van der Waals surface area contributed by atoms with Gasteiger partial charge in [-0.1, -0.05) is 0 Å². The van der Waals surface area contributed by atoms with Gasteiger partial charge in [0.25, 0.3) is 0 Å². The summed E-state index contributed by atoms with van der Waals surface area (Å²) in [6, 6.07) is 0. The molecule has 0 aliphatic carbocycles. The summed E-state index contributed by atoms with van der Waals surface area (Å²) in [7, 11) is 14.0. The van der Waals surface area contributed by atoms with Crippen LogP contribution in [0, 0.1) is 0 Å². The third-order valence-corrected chi connectivity index (χ3v) is 1.45. The Morgan fingerprint density at radius 1 is 0.875 bits per heavy atom. The third kappa shape index (κ3) is 16.0. The minimum absolute atomic E-state index is 1.09. The fraction of sp³-hybridized carbons (Fsp3) is 0.909. The zero-order valence-corrected chi connectivity index (χ0v) is 12.1. The molecular formula is C11H29N5. The van der Waals surface area contributed by atoms with E-state index in [1.807, 2.05) is 26.0 Å². The number of aliphatic imine (C=N–C) groups is 1. The summed E-state index contributed by atoms with van der Waals surface area (Å²) < 4.78 is 0. The summed E-state index contributed by atoms with van der Waals surface area (Å²) in [6.45, 7) is 6.37. The molecule has 0 N–H and O–H groups in total. The Hall–Kier alpha value is -0.490. The fourth-order valence-corrected chi connectivity index (χ4v) is 1.37. The van der Waals surface area contributed by atoms with Crippen molar-refractivity contribution in [3.63, 3.8) is 0 Å². The van der Waals surface area contributed by atoms with E-state index in [4.69, 9.17) is 0 Å². The molecule has 0 aromatic rings. The van der Waals surface area contributed by atoms with Crippen LogP contribution < -0.4 is 0 Å². The van der Waals surface area contributed by atoms with Crippen LogP contribution in [0.25, 0.3) is 0 Å². The fourth-order valence-electron chi connectivity index (χ4n) is 1.37. The molecule has 0 saturated carbocycles. The number of hydrogen-bond donors (Lipinski definition) is 0. The predicted octanol–water partition coefficient (Wildman–Crippen LogP) is 0.163. The second kappa shape index (κ2) is 11.0. The molecule has 0 aromatic carbocycles. The molecule has 0 aromatic heterocycles. The predicted molar refractivity (Wildman–Crippen MR) is 73.0 cm³/mol. The van der Waals surface area contributed by atoms with Crippen LogP contribution in [-0.2, 0) is 0 Å². The van der Waals surface area contributed by atoms with E-state index in [-0.39, 0.29) is 0 Å². The van der Waals surface area contributed by atoms with Gasteiger partial charge < -0.3 is 9.89 Å². The van der Waals surface area contributed by atoms with E-state index in [0.717, 1.165) is 20.0 Å². The molecule has 1 aliphatic heterocycles. The molecule has 1 rings (SSSR count). The average Bonchev–Trinajstić information content (AvgIpc) is 2.00. The lowest BCUT2D eigenvalue weighted by atomic mass is 10.6. The van der Waals surface area contributed by atoms with E-state index >= 15 is 0 Å². The van der Waals surface area contributed by atoms with E-state index < -0.39 is 0 Å². The van der Waals surface area contributed by atoms with Crippen molar-refractivity contribution < 1.29 is 0 Å². The minimum atomic E-state index is 1.09. The summed E-state index contributed by atoms with van der Waals surface area (Å²) in [5, 5.41) is 0. The van der Waals surface area contributed by atoms with Crippen LogP contribution in [0.15, 0.2) is 4.99 Å². The Morgan fingerprint density at radius 2 is 1.00 bits per heavy atom. The van der Waals surface area contributed by atoms with Gasteiger partial charge in [0.2, 0.25) is 0 Å². The monoisotopic (exact) mass is 231 g/mol.